The van der Waals surface area contributed by atoms with Crippen molar-refractivity contribution in [3.8, 4) is 0 Å². The molecule has 0 fully saturated rings. The van der Waals surface area contributed by atoms with E-state index < -0.39 is 16.0 Å². The molecule has 0 aliphatic rings. The van der Waals surface area contributed by atoms with Crippen LogP contribution in [0.2, 0.25) is 10.0 Å². The van der Waals surface area contributed by atoms with E-state index in [1.165, 1.54) is 4.57 Å². The molecule has 4 N–H and O–H groups in total. The fourth-order valence-corrected chi connectivity index (χ4v) is 4.77. The zero-order chi connectivity index (χ0) is 20.5. The number of aromatic nitrogens is 1. The van der Waals surface area contributed by atoms with Gasteiger partial charge in [-0.05, 0) is 23.8 Å². The average molecular weight is 442 g/mol. The number of rotatable bonds is 7. The first-order valence-corrected chi connectivity index (χ1v) is 10.5. The molecule has 0 radical (unpaired) electrons. The summed E-state index contributed by atoms with van der Waals surface area (Å²) in [5, 5.41) is 10.8. The van der Waals surface area contributed by atoms with Gasteiger partial charge in [-0.1, -0.05) is 47.5 Å². The van der Waals surface area contributed by atoms with Crippen molar-refractivity contribution in [2.24, 2.45) is 5.73 Å². The van der Waals surface area contributed by atoms with Crippen LogP contribution in [0.25, 0.3) is 10.9 Å². The molecule has 0 bridgehead atoms. The second-order valence-electron chi connectivity index (χ2n) is 6.02. The van der Waals surface area contributed by atoms with E-state index in [1.54, 1.807) is 42.5 Å². The maximum atomic E-state index is 12.8. The van der Waals surface area contributed by atoms with E-state index in [4.69, 9.17) is 28.9 Å². The Balaban J connectivity index is 2.26. The molecule has 1 aromatic heterocycles. The van der Waals surface area contributed by atoms with Gasteiger partial charge in [0.25, 0.3) is 0 Å². The summed E-state index contributed by atoms with van der Waals surface area (Å²) in [4.78, 5) is 11.8. The summed E-state index contributed by atoms with van der Waals surface area (Å²) in [6.45, 7) is 0.183. The van der Waals surface area contributed by atoms with Gasteiger partial charge in [-0.15, -0.1) is 0 Å². The fourth-order valence-electron chi connectivity index (χ4n) is 3.01. The van der Waals surface area contributed by atoms with Gasteiger partial charge in [0.05, 0.1) is 15.6 Å². The minimum absolute atomic E-state index is 0.00626. The molecule has 0 saturated carbocycles. The summed E-state index contributed by atoms with van der Waals surface area (Å²) in [5.41, 5.74) is 6.20. The molecule has 3 rings (SSSR count). The van der Waals surface area contributed by atoms with Crippen LogP contribution in [-0.4, -0.2) is 37.2 Å². The van der Waals surface area contributed by atoms with Gasteiger partial charge in [-0.25, -0.2) is 17.9 Å². The van der Waals surface area contributed by atoms with Gasteiger partial charge < -0.3 is 15.4 Å². The van der Waals surface area contributed by atoms with Crippen molar-refractivity contribution in [2.45, 2.75) is 11.4 Å². The number of carboxylic acids is 1. The normalized spacial score (nSPS) is 11.8. The highest BCUT2D eigenvalue weighted by Crippen LogP contribution is 2.32. The Morgan fingerprint density at radius 3 is 2.50 bits per heavy atom. The minimum Gasteiger partial charge on any atom is -0.477 e. The lowest BCUT2D eigenvalue weighted by atomic mass is 10.2. The van der Waals surface area contributed by atoms with Crippen LogP contribution >= 0.6 is 23.2 Å². The largest absolute Gasteiger partial charge is 0.477 e. The number of nitrogens with zero attached hydrogens (tertiary/aromatic N) is 1. The van der Waals surface area contributed by atoms with Crippen molar-refractivity contribution in [1.82, 2.24) is 9.29 Å². The first-order chi connectivity index (χ1) is 13.3. The second kappa shape index (κ2) is 8.10. The van der Waals surface area contributed by atoms with Crippen LogP contribution in [0.4, 0.5) is 0 Å². The molecule has 0 aliphatic heterocycles. The molecule has 1 heterocycles. The maximum Gasteiger partial charge on any atom is 0.353 e. The fraction of sp³-hybridized carbons (Fsp3) is 0.167. The Morgan fingerprint density at radius 2 is 1.86 bits per heavy atom. The number of aromatic carboxylic acids is 1. The number of hydrogen-bond donors (Lipinski definition) is 3. The van der Waals surface area contributed by atoms with Crippen LogP contribution in [0.5, 0.6) is 0 Å². The molecular formula is C18H17Cl2N3O4S. The Labute approximate surface area is 171 Å². The van der Waals surface area contributed by atoms with Crippen LogP contribution in [0.3, 0.4) is 0 Å². The second-order valence-corrected chi connectivity index (χ2v) is 8.54. The van der Waals surface area contributed by atoms with Crippen molar-refractivity contribution in [1.29, 1.82) is 0 Å². The van der Waals surface area contributed by atoms with Gasteiger partial charge in [-0.2, -0.15) is 0 Å². The van der Waals surface area contributed by atoms with Crippen molar-refractivity contribution in [3.63, 3.8) is 0 Å². The van der Waals surface area contributed by atoms with E-state index in [0.29, 0.717) is 26.5 Å². The molecule has 0 amide bonds. The predicted octanol–water partition coefficient (Wildman–Crippen LogP) is 2.93. The highest BCUT2D eigenvalue weighted by Gasteiger charge is 2.30. The Hall–Kier alpha value is -2.10. The molecule has 28 heavy (non-hydrogen) atoms. The number of para-hydroxylation sites is 1. The average Bonchev–Trinajstić information content (AvgIpc) is 2.98. The van der Waals surface area contributed by atoms with Crippen molar-refractivity contribution in [2.75, 3.05) is 13.1 Å². The third kappa shape index (κ3) is 3.87. The van der Waals surface area contributed by atoms with E-state index in [2.05, 4.69) is 4.72 Å². The van der Waals surface area contributed by atoms with Crippen LogP contribution in [0, 0.1) is 0 Å². The Bertz CT molecular complexity index is 1160. The van der Waals surface area contributed by atoms with Gasteiger partial charge in [0.2, 0.25) is 10.0 Å². The first-order valence-electron chi connectivity index (χ1n) is 8.24. The molecular weight excluding hydrogens is 425 g/mol. The monoisotopic (exact) mass is 441 g/mol. The minimum atomic E-state index is -4.09. The van der Waals surface area contributed by atoms with Crippen molar-refractivity contribution >= 4 is 50.1 Å². The molecule has 2 aromatic carbocycles. The van der Waals surface area contributed by atoms with Gasteiger partial charge in [0.1, 0.15) is 10.6 Å². The van der Waals surface area contributed by atoms with Crippen LogP contribution in [0.1, 0.15) is 16.1 Å². The third-order valence-electron chi connectivity index (χ3n) is 4.16. The van der Waals surface area contributed by atoms with Gasteiger partial charge in [-0.3, -0.25) is 0 Å². The van der Waals surface area contributed by atoms with Crippen LogP contribution < -0.4 is 10.5 Å². The summed E-state index contributed by atoms with van der Waals surface area (Å²) >= 11 is 12.0. The van der Waals surface area contributed by atoms with E-state index in [1.807, 2.05) is 0 Å². The van der Waals surface area contributed by atoms with E-state index in [0.717, 1.165) is 0 Å². The molecule has 0 aliphatic carbocycles. The van der Waals surface area contributed by atoms with E-state index in [-0.39, 0.29) is 30.2 Å². The summed E-state index contributed by atoms with van der Waals surface area (Å²) in [6, 6.07) is 11.5. The number of benzene rings is 2. The third-order valence-corrected chi connectivity index (χ3v) is 6.43. The number of halogens is 2. The molecule has 0 unspecified atom stereocenters. The number of sulfonamides is 1. The lowest BCUT2D eigenvalue weighted by Crippen LogP contribution is -2.30. The van der Waals surface area contributed by atoms with E-state index >= 15 is 0 Å². The van der Waals surface area contributed by atoms with Gasteiger partial charge in [0.15, 0.2) is 0 Å². The van der Waals surface area contributed by atoms with Crippen molar-refractivity contribution in [3.05, 3.63) is 63.8 Å². The molecule has 10 heteroatoms. The highest BCUT2D eigenvalue weighted by molar-refractivity contribution is 7.89. The van der Waals surface area contributed by atoms with Gasteiger partial charge in [0, 0.05) is 25.0 Å². The zero-order valence-electron chi connectivity index (χ0n) is 14.5. The van der Waals surface area contributed by atoms with Crippen LogP contribution in [0.15, 0.2) is 47.4 Å². The predicted molar refractivity (Wildman–Crippen MR) is 109 cm³/mol. The molecule has 7 nitrogen and oxygen atoms in total. The Kier molecular flexibility index (Phi) is 5.97. The lowest BCUT2D eigenvalue weighted by Gasteiger charge is -2.11. The summed E-state index contributed by atoms with van der Waals surface area (Å²) in [6.07, 6.45) is 0. The molecule has 0 spiro atoms. The maximum absolute atomic E-state index is 12.8. The number of fused-ring (bicyclic) bond motifs is 1. The summed E-state index contributed by atoms with van der Waals surface area (Å²) < 4.78 is 29.4. The summed E-state index contributed by atoms with van der Waals surface area (Å²) in [5.74, 6) is -1.36. The molecule has 148 valence electrons. The van der Waals surface area contributed by atoms with Crippen molar-refractivity contribution < 1.29 is 18.3 Å². The summed E-state index contributed by atoms with van der Waals surface area (Å²) in [7, 11) is -4.09. The topological polar surface area (TPSA) is 114 Å². The quantitative estimate of drug-likeness (QED) is 0.521. The SMILES string of the molecule is NCCNS(=O)(=O)c1c(C(=O)O)n(Cc2ccc(Cl)c(Cl)c2)c2ccccc12. The zero-order valence-corrected chi connectivity index (χ0v) is 16.9. The molecule has 3 aromatic rings. The smallest absolute Gasteiger partial charge is 0.353 e. The first kappa shape index (κ1) is 20.6. The van der Waals surface area contributed by atoms with Crippen LogP contribution in [-0.2, 0) is 16.6 Å². The number of hydrogen-bond acceptors (Lipinski definition) is 4. The molecule has 0 saturated heterocycles. The molecule has 0 atom stereocenters. The number of carbonyl (C=O) groups is 1. The lowest BCUT2D eigenvalue weighted by molar-refractivity contribution is 0.0681. The number of carboxylic acid groups (broad SMARTS) is 1. The Morgan fingerprint density at radius 1 is 1.14 bits per heavy atom. The number of nitrogens with one attached hydrogen (secondary N) is 1. The highest BCUT2D eigenvalue weighted by atomic mass is 35.5. The standard InChI is InChI=1S/C18H17Cl2N3O4S/c19-13-6-5-11(9-14(13)20)10-23-15-4-2-1-3-12(15)17(16(23)18(24)25)28(26,27)22-8-7-21/h1-6,9,22H,7-8,10,21H2,(H,24,25). The number of nitrogens with two attached hydrogens (primary N) is 1. The van der Waals surface area contributed by atoms with E-state index in [9.17, 15) is 18.3 Å². The van der Waals surface area contributed by atoms with Gasteiger partial charge >= 0.3 is 5.97 Å².